The van der Waals surface area contributed by atoms with Gasteiger partial charge in [0.05, 0.1) is 12.6 Å². The highest BCUT2D eigenvalue weighted by molar-refractivity contribution is 6.30. The molecule has 0 unspecified atom stereocenters. The third-order valence-electron chi connectivity index (χ3n) is 3.30. The van der Waals surface area contributed by atoms with Crippen LogP contribution in [0.5, 0.6) is 0 Å². The fourth-order valence-electron chi connectivity index (χ4n) is 2.22. The Morgan fingerprint density at radius 2 is 1.95 bits per heavy atom. The summed E-state index contributed by atoms with van der Waals surface area (Å²) in [5.41, 5.74) is 5.38. The van der Waals surface area contributed by atoms with Gasteiger partial charge in [0.25, 0.3) is 0 Å². The second-order valence-corrected chi connectivity index (χ2v) is 5.32. The molecule has 1 amide bonds. The predicted octanol–water partition coefficient (Wildman–Crippen LogP) is 3.51. The number of amides is 1. The second-order valence-electron chi connectivity index (χ2n) is 4.88. The SMILES string of the molecule is O=C(Cc1c[nH]c2ccccc12)NN=Cc1ccc(Cl)cc1. The van der Waals surface area contributed by atoms with Crippen molar-refractivity contribution in [2.24, 2.45) is 5.10 Å². The van der Waals surface area contributed by atoms with Gasteiger partial charge in [0.2, 0.25) is 5.91 Å². The summed E-state index contributed by atoms with van der Waals surface area (Å²) in [6, 6.07) is 15.1. The number of hydrazone groups is 1. The minimum atomic E-state index is -0.157. The Morgan fingerprint density at radius 1 is 1.18 bits per heavy atom. The van der Waals surface area contributed by atoms with Crippen molar-refractivity contribution in [1.29, 1.82) is 0 Å². The highest BCUT2D eigenvalue weighted by atomic mass is 35.5. The van der Waals surface area contributed by atoms with E-state index in [4.69, 9.17) is 11.6 Å². The number of benzene rings is 2. The third kappa shape index (κ3) is 3.35. The molecule has 0 saturated heterocycles. The summed E-state index contributed by atoms with van der Waals surface area (Å²) in [5.74, 6) is -0.157. The van der Waals surface area contributed by atoms with Crippen molar-refractivity contribution >= 4 is 34.6 Å². The number of nitrogens with zero attached hydrogens (tertiary/aromatic N) is 1. The molecule has 1 heterocycles. The van der Waals surface area contributed by atoms with Gasteiger partial charge in [0.1, 0.15) is 0 Å². The molecule has 2 N–H and O–H groups in total. The lowest BCUT2D eigenvalue weighted by Gasteiger charge is -1.99. The van der Waals surface area contributed by atoms with Crippen LogP contribution in [0.1, 0.15) is 11.1 Å². The Morgan fingerprint density at radius 3 is 2.77 bits per heavy atom. The topological polar surface area (TPSA) is 57.2 Å². The minimum absolute atomic E-state index is 0.157. The molecule has 0 atom stereocenters. The van der Waals surface area contributed by atoms with Gasteiger partial charge in [0, 0.05) is 22.1 Å². The van der Waals surface area contributed by atoms with Gasteiger partial charge in [-0.2, -0.15) is 5.10 Å². The molecule has 0 fully saturated rings. The fourth-order valence-corrected chi connectivity index (χ4v) is 2.34. The summed E-state index contributed by atoms with van der Waals surface area (Å²) in [4.78, 5) is 15.1. The van der Waals surface area contributed by atoms with Gasteiger partial charge in [-0.3, -0.25) is 4.79 Å². The number of carbonyl (C=O) groups is 1. The van der Waals surface area contributed by atoms with Gasteiger partial charge >= 0.3 is 0 Å². The normalized spacial score (nSPS) is 11.1. The first-order valence-electron chi connectivity index (χ1n) is 6.85. The summed E-state index contributed by atoms with van der Waals surface area (Å²) in [5, 5.41) is 5.68. The van der Waals surface area contributed by atoms with Crippen molar-refractivity contribution in [1.82, 2.24) is 10.4 Å². The van der Waals surface area contributed by atoms with Crippen LogP contribution in [-0.4, -0.2) is 17.1 Å². The van der Waals surface area contributed by atoms with E-state index in [0.717, 1.165) is 22.0 Å². The quantitative estimate of drug-likeness (QED) is 0.562. The lowest BCUT2D eigenvalue weighted by atomic mass is 10.1. The van der Waals surface area contributed by atoms with Crippen molar-refractivity contribution in [3.05, 3.63) is 70.9 Å². The number of halogens is 1. The summed E-state index contributed by atoms with van der Waals surface area (Å²) in [6.07, 6.45) is 3.72. The number of rotatable bonds is 4. The van der Waals surface area contributed by atoms with Crippen molar-refractivity contribution in [3.63, 3.8) is 0 Å². The maximum absolute atomic E-state index is 11.9. The monoisotopic (exact) mass is 311 g/mol. The molecule has 3 aromatic rings. The number of hydrogen-bond acceptors (Lipinski definition) is 2. The Bertz CT molecular complexity index is 821. The fraction of sp³-hybridized carbons (Fsp3) is 0.0588. The van der Waals surface area contributed by atoms with Gasteiger partial charge in [0.15, 0.2) is 0 Å². The van der Waals surface area contributed by atoms with E-state index in [-0.39, 0.29) is 12.3 Å². The number of hydrogen-bond donors (Lipinski definition) is 2. The largest absolute Gasteiger partial charge is 0.361 e. The molecule has 0 saturated carbocycles. The zero-order chi connectivity index (χ0) is 15.4. The van der Waals surface area contributed by atoms with Crippen LogP contribution in [0.15, 0.2) is 59.8 Å². The molecular weight excluding hydrogens is 298 g/mol. The lowest BCUT2D eigenvalue weighted by molar-refractivity contribution is -0.120. The summed E-state index contributed by atoms with van der Waals surface area (Å²) >= 11 is 5.81. The Kier molecular flexibility index (Phi) is 4.21. The zero-order valence-corrected chi connectivity index (χ0v) is 12.5. The molecular formula is C17H14ClN3O. The number of para-hydroxylation sites is 1. The number of aromatic amines is 1. The van der Waals surface area contributed by atoms with Gasteiger partial charge in [-0.05, 0) is 29.3 Å². The van der Waals surface area contributed by atoms with Gasteiger partial charge in [-0.1, -0.05) is 41.9 Å². The average molecular weight is 312 g/mol. The standard InChI is InChI=1S/C17H14ClN3O/c18-14-7-5-12(6-8-14)10-20-21-17(22)9-13-11-19-16-4-2-1-3-15(13)16/h1-8,10-11,19H,9H2,(H,21,22). The summed E-state index contributed by atoms with van der Waals surface area (Å²) in [7, 11) is 0. The third-order valence-corrected chi connectivity index (χ3v) is 3.55. The molecule has 0 aliphatic carbocycles. The van der Waals surface area contributed by atoms with Crippen molar-refractivity contribution < 1.29 is 4.79 Å². The van der Waals surface area contributed by atoms with Crippen molar-refractivity contribution in [2.75, 3.05) is 0 Å². The summed E-state index contributed by atoms with van der Waals surface area (Å²) in [6.45, 7) is 0. The van der Waals surface area contributed by atoms with Gasteiger partial charge < -0.3 is 4.98 Å². The molecule has 0 bridgehead atoms. The van der Waals surface area contributed by atoms with Gasteiger partial charge in [-0.15, -0.1) is 0 Å². The lowest BCUT2D eigenvalue weighted by Crippen LogP contribution is -2.19. The second kappa shape index (κ2) is 6.45. The van der Waals surface area contributed by atoms with Crippen LogP contribution >= 0.6 is 11.6 Å². The molecule has 4 nitrogen and oxygen atoms in total. The van der Waals surface area contributed by atoms with Crippen LogP contribution in [0.25, 0.3) is 10.9 Å². The van der Waals surface area contributed by atoms with E-state index >= 15 is 0 Å². The highest BCUT2D eigenvalue weighted by Gasteiger charge is 2.07. The Balaban J connectivity index is 1.62. The van der Waals surface area contributed by atoms with Crippen molar-refractivity contribution in [3.8, 4) is 0 Å². The van der Waals surface area contributed by atoms with Gasteiger partial charge in [-0.25, -0.2) is 5.43 Å². The van der Waals surface area contributed by atoms with Crippen molar-refractivity contribution in [2.45, 2.75) is 6.42 Å². The van der Waals surface area contributed by atoms with E-state index in [2.05, 4.69) is 15.5 Å². The zero-order valence-electron chi connectivity index (χ0n) is 11.7. The van der Waals surface area contributed by atoms with Crippen LogP contribution in [0, 0.1) is 0 Å². The Hall–Kier alpha value is -2.59. The molecule has 2 aromatic carbocycles. The molecule has 110 valence electrons. The molecule has 0 aliphatic rings. The van der Waals surface area contributed by atoms with E-state index in [0.29, 0.717) is 5.02 Å². The van der Waals surface area contributed by atoms with E-state index < -0.39 is 0 Å². The van der Waals surface area contributed by atoms with Crippen LogP contribution in [0.4, 0.5) is 0 Å². The van der Waals surface area contributed by atoms with E-state index in [1.807, 2.05) is 42.6 Å². The van der Waals surface area contributed by atoms with Crippen LogP contribution in [0.2, 0.25) is 5.02 Å². The van der Waals surface area contributed by atoms with E-state index in [9.17, 15) is 4.79 Å². The number of fused-ring (bicyclic) bond motifs is 1. The van der Waals surface area contributed by atoms with Crippen LogP contribution < -0.4 is 5.43 Å². The molecule has 0 aliphatic heterocycles. The molecule has 5 heteroatoms. The maximum Gasteiger partial charge on any atom is 0.244 e. The van der Waals surface area contributed by atoms with Crippen LogP contribution in [-0.2, 0) is 11.2 Å². The Labute approximate surface area is 132 Å². The number of aromatic nitrogens is 1. The predicted molar refractivity (Wildman–Crippen MR) is 89.2 cm³/mol. The molecule has 1 aromatic heterocycles. The minimum Gasteiger partial charge on any atom is -0.361 e. The maximum atomic E-state index is 11.9. The number of nitrogens with one attached hydrogen (secondary N) is 2. The molecule has 3 rings (SSSR count). The molecule has 22 heavy (non-hydrogen) atoms. The number of H-pyrrole nitrogens is 1. The van der Waals surface area contributed by atoms with Crippen LogP contribution in [0.3, 0.4) is 0 Å². The first kappa shape index (κ1) is 14.4. The summed E-state index contributed by atoms with van der Waals surface area (Å²) < 4.78 is 0. The first-order valence-corrected chi connectivity index (χ1v) is 7.22. The molecule has 0 spiro atoms. The average Bonchev–Trinajstić information content (AvgIpc) is 2.93. The molecule has 0 radical (unpaired) electrons. The number of carbonyl (C=O) groups excluding carboxylic acids is 1. The van der Waals surface area contributed by atoms with E-state index in [1.54, 1.807) is 18.3 Å². The highest BCUT2D eigenvalue weighted by Crippen LogP contribution is 2.17. The smallest absolute Gasteiger partial charge is 0.244 e. The van der Waals surface area contributed by atoms with E-state index in [1.165, 1.54) is 0 Å². The first-order chi connectivity index (χ1) is 10.7.